The Morgan fingerprint density at radius 1 is 0.953 bits per heavy atom. The maximum atomic E-state index is 7.38. The van der Waals surface area contributed by atoms with Crippen molar-refractivity contribution < 1.29 is 27.2 Å². The van der Waals surface area contributed by atoms with Crippen molar-refractivity contribution in [2.24, 2.45) is 0 Å². The number of benzene rings is 1. The number of rotatable bonds is 7. The third kappa shape index (κ3) is 5.85. The Morgan fingerprint density at radius 3 is 2.23 bits per heavy atom. The molecule has 4 heterocycles. The number of anilines is 1. The number of para-hydroxylation sites is 1. The molecule has 3 aromatic rings. The van der Waals surface area contributed by atoms with Gasteiger partial charge in [0.15, 0.2) is 23.8 Å². The number of hydrogen-bond acceptors (Lipinski definition) is 11. The van der Waals surface area contributed by atoms with Crippen molar-refractivity contribution in [3.05, 3.63) is 43.0 Å². The first-order valence-corrected chi connectivity index (χ1v) is 19.3. The summed E-state index contributed by atoms with van der Waals surface area (Å²) in [6.45, 7) is 17.8. The number of imidazole rings is 1. The van der Waals surface area contributed by atoms with E-state index in [0.717, 1.165) is 0 Å². The molecule has 2 fully saturated rings. The summed E-state index contributed by atoms with van der Waals surface area (Å²) in [6, 6.07) is 9.27. The van der Waals surface area contributed by atoms with Gasteiger partial charge in [-0.2, -0.15) is 0 Å². The number of fused-ring (bicyclic) bond motifs is 2. The topological polar surface area (TPSA) is 125 Å². The van der Waals surface area contributed by atoms with Crippen LogP contribution in [-0.2, 0) is 22.4 Å². The number of ether oxygens (including phenoxy) is 3. The van der Waals surface area contributed by atoms with Crippen LogP contribution in [0.25, 0.3) is 11.2 Å². The summed E-state index contributed by atoms with van der Waals surface area (Å²) >= 11 is 5.62. The van der Waals surface area contributed by atoms with Crippen LogP contribution in [0.15, 0.2) is 43.0 Å². The molecule has 1 aromatic carbocycles. The van der Waals surface area contributed by atoms with Gasteiger partial charge in [-0.3, -0.25) is 4.57 Å². The maximum Gasteiger partial charge on any atom is 0.358 e. The average molecular weight is 646 g/mol. The highest BCUT2D eigenvalue weighted by molar-refractivity contribution is 7.79. The van der Waals surface area contributed by atoms with Gasteiger partial charge in [-0.05, 0) is 34.3 Å². The number of hydrogen-bond donors (Lipinski definition) is 1. The summed E-state index contributed by atoms with van der Waals surface area (Å²) in [7, 11) is -5.76. The van der Waals surface area contributed by atoms with E-state index in [0.29, 0.717) is 16.9 Å². The Balaban J connectivity index is 1.60. The van der Waals surface area contributed by atoms with Crippen LogP contribution < -0.4 is 10.5 Å². The highest BCUT2D eigenvalue weighted by atomic mass is 32.1. The van der Waals surface area contributed by atoms with Gasteiger partial charge in [-0.15, -0.1) is 0 Å². The summed E-state index contributed by atoms with van der Waals surface area (Å²) in [5.74, 6) is 0.841. The second kappa shape index (κ2) is 12.5. The highest BCUT2D eigenvalue weighted by Crippen LogP contribution is 2.49. The normalized spacial score (nSPS) is 25.2. The minimum absolute atomic E-state index is 0.0500. The second-order valence-corrected chi connectivity index (χ2v) is 21.6. The molecule has 43 heavy (non-hydrogen) atoms. The zero-order valence-corrected chi connectivity index (χ0v) is 28.9. The Hall–Kier alpha value is -2.47. The predicted molar refractivity (Wildman–Crippen MR) is 172 cm³/mol. The molecule has 0 amide bonds. The fourth-order valence-corrected chi connectivity index (χ4v) is 17.7. The van der Waals surface area contributed by atoms with E-state index in [9.17, 15) is 0 Å². The molecule has 2 aliphatic heterocycles. The molecule has 0 saturated carbocycles. The molecule has 0 radical (unpaired) electrons. The van der Waals surface area contributed by atoms with Crippen LogP contribution in [0.4, 0.5) is 5.82 Å². The average Bonchev–Trinajstić information content (AvgIpc) is 3.50. The van der Waals surface area contributed by atoms with Crippen molar-refractivity contribution in [1.29, 1.82) is 0 Å². The van der Waals surface area contributed by atoms with E-state index in [1.54, 1.807) is 10.9 Å². The Bertz CT molecular complexity index is 1410. The minimum atomic E-state index is -2.99. The van der Waals surface area contributed by atoms with Gasteiger partial charge in [-0.25, -0.2) is 15.0 Å². The van der Waals surface area contributed by atoms with Gasteiger partial charge in [0, 0.05) is 12.2 Å². The summed E-state index contributed by atoms with van der Waals surface area (Å²) in [4.78, 5) is 13.0. The van der Waals surface area contributed by atoms with E-state index >= 15 is 0 Å². The molecular weight excluding hydrogens is 603 g/mol. The van der Waals surface area contributed by atoms with Gasteiger partial charge in [0.2, 0.25) is 0 Å². The molecule has 0 spiro atoms. The monoisotopic (exact) mass is 645 g/mol. The van der Waals surface area contributed by atoms with E-state index in [1.165, 1.54) is 6.33 Å². The summed E-state index contributed by atoms with van der Waals surface area (Å²) in [5.41, 5.74) is 7.74. The smallest absolute Gasteiger partial charge is 0.358 e. The van der Waals surface area contributed by atoms with E-state index in [4.69, 9.17) is 45.1 Å². The van der Waals surface area contributed by atoms with Crippen LogP contribution in [0.5, 0.6) is 5.75 Å². The van der Waals surface area contributed by atoms with Crippen molar-refractivity contribution >= 4 is 51.6 Å². The van der Waals surface area contributed by atoms with E-state index in [1.807, 2.05) is 30.3 Å². The fourth-order valence-electron chi connectivity index (χ4n) is 6.25. The molecule has 11 nitrogen and oxygen atoms in total. The molecule has 14 heteroatoms. The first-order chi connectivity index (χ1) is 20.4. The number of nitrogens with zero attached hydrogens (tertiary/aromatic N) is 4. The Morgan fingerprint density at radius 2 is 1.60 bits per heavy atom. The van der Waals surface area contributed by atoms with Crippen LogP contribution in [0.1, 0.15) is 61.6 Å². The molecule has 5 rings (SSSR count). The number of nitrogens with two attached hydrogens (primary N) is 1. The number of nitrogen functional groups attached to an aromatic ring is 1. The van der Waals surface area contributed by atoms with Gasteiger partial charge in [0.25, 0.3) is 0 Å². The lowest BCUT2D eigenvalue weighted by Crippen LogP contribution is -2.66. The summed E-state index contributed by atoms with van der Waals surface area (Å²) in [6.07, 6.45) is 0.504. The summed E-state index contributed by atoms with van der Waals surface area (Å²) < 4.78 is 42.6. The van der Waals surface area contributed by atoms with Crippen molar-refractivity contribution in [2.45, 2.75) is 102 Å². The van der Waals surface area contributed by atoms with E-state index in [-0.39, 0.29) is 39.8 Å². The molecule has 234 valence electrons. The van der Waals surface area contributed by atoms with Crippen LogP contribution >= 0.6 is 12.2 Å². The highest BCUT2D eigenvalue weighted by Gasteiger charge is 2.62. The van der Waals surface area contributed by atoms with Crippen molar-refractivity contribution in [1.82, 2.24) is 19.5 Å². The molecule has 1 unspecified atom stereocenters. The third-order valence-electron chi connectivity index (χ3n) is 8.45. The number of thiocarbonyl (C=S) groups is 1. The van der Waals surface area contributed by atoms with Crippen molar-refractivity contribution in [3.63, 3.8) is 0 Å². The molecule has 2 saturated heterocycles. The standard InChI is InChI=1S/C29H43N5O6SSi2/c1-17(2)42(18(3)4)35-14-22-24(39-43(40-42,19(5)6)20(7)8)25(38-29(41)36-21-12-10-9-11-13-21)28(37-22)34-16-33-23-26(30)31-15-32-27(23)34/h9-13,15-20,22,24-25,28H,14H2,1-8H3,(H2,30,31,32)/t22-,24-,25?,28+/m1/s1. The minimum Gasteiger partial charge on any atom is -0.446 e. The zero-order valence-electron chi connectivity index (χ0n) is 26.1. The molecule has 4 atom stereocenters. The fraction of sp³-hybridized carbons (Fsp3) is 0.586. The molecule has 2 N–H and O–H groups in total. The number of aromatic nitrogens is 4. The van der Waals surface area contributed by atoms with Gasteiger partial charge >= 0.3 is 22.4 Å². The molecule has 0 aliphatic carbocycles. The molecule has 2 aromatic heterocycles. The van der Waals surface area contributed by atoms with Crippen molar-refractivity contribution in [3.8, 4) is 5.75 Å². The quantitative estimate of drug-likeness (QED) is 0.240. The Labute approximate surface area is 260 Å². The lowest BCUT2D eigenvalue weighted by atomic mass is 10.1. The molecule has 2 aliphatic rings. The first-order valence-electron chi connectivity index (χ1n) is 14.9. The van der Waals surface area contributed by atoms with Gasteiger partial charge in [0.1, 0.15) is 29.8 Å². The van der Waals surface area contributed by atoms with Gasteiger partial charge in [-0.1, -0.05) is 73.6 Å². The largest absolute Gasteiger partial charge is 0.446 e. The predicted octanol–water partition coefficient (Wildman–Crippen LogP) is 6.01. The molecular formula is C29H43N5O6SSi2. The SMILES string of the molecule is CC(C)[Si]1(C(C)C)OC[C@H]2O[C@H](n3cnc4c(N)ncnc43)C(OC(=S)Oc3ccccc3)[C@@H]2O[Si](C(C)C)(C(C)C)O1. The Kier molecular flexibility index (Phi) is 9.28. The lowest BCUT2D eigenvalue weighted by molar-refractivity contribution is -0.0569. The van der Waals surface area contributed by atoms with E-state index in [2.05, 4.69) is 70.3 Å². The zero-order chi connectivity index (χ0) is 31.1. The van der Waals surface area contributed by atoms with Crippen LogP contribution in [-0.4, -0.2) is 66.8 Å². The lowest BCUT2D eigenvalue weighted by Gasteiger charge is -2.51. The van der Waals surface area contributed by atoms with Crippen LogP contribution in [0.2, 0.25) is 22.2 Å². The van der Waals surface area contributed by atoms with Gasteiger partial charge < -0.3 is 32.9 Å². The van der Waals surface area contributed by atoms with Crippen LogP contribution in [0, 0.1) is 0 Å². The molecule has 0 bridgehead atoms. The van der Waals surface area contributed by atoms with Crippen LogP contribution in [0.3, 0.4) is 0 Å². The third-order valence-corrected chi connectivity index (χ3v) is 18.9. The van der Waals surface area contributed by atoms with E-state index < -0.39 is 41.7 Å². The maximum absolute atomic E-state index is 7.38. The summed E-state index contributed by atoms with van der Waals surface area (Å²) in [5, 5.41) is -0.0500. The van der Waals surface area contributed by atoms with Crippen molar-refractivity contribution in [2.75, 3.05) is 12.3 Å². The van der Waals surface area contributed by atoms with Gasteiger partial charge in [0.05, 0.1) is 12.9 Å². The second-order valence-electron chi connectivity index (χ2n) is 12.5. The first kappa shape index (κ1) is 31.9.